The third-order valence-corrected chi connectivity index (χ3v) is 6.70. The average Bonchev–Trinajstić information content (AvgIpc) is 2.86. The van der Waals surface area contributed by atoms with Crippen molar-refractivity contribution < 1.29 is 28.2 Å². The first-order valence-electron chi connectivity index (χ1n) is 11.8. The number of carbonyl (C=O) groups excluding carboxylic acids is 2. The molecule has 1 unspecified atom stereocenters. The molecule has 4 rings (SSSR count). The average molecular weight is 480 g/mol. The Balaban J connectivity index is 1.75. The van der Waals surface area contributed by atoms with E-state index in [0.717, 1.165) is 5.56 Å². The molecule has 2 aliphatic rings. The van der Waals surface area contributed by atoms with Gasteiger partial charge in [0, 0.05) is 29.3 Å². The fourth-order valence-electron chi connectivity index (χ4n) is 5.03. The van der Waals surface area contributed by atoms with Crippen molar-refractivity contribution in [2.45, 2.75) is 44.9 Å². The number of hydrogen-bond acceptors (Lipinski definition) is 6. The summed E-state index contributed by atoms with van der Waals surface area (Å²) in [5.74, 6) is -1.02. The minimum Gasteiger partial charge on any atom is -0.493 e. The van der Waals surface area contributed by atoms with Gasteiger partial charge in [0.15, 0.2) is 17.3 Å². The molecule has 0 amide bonds. The van der Waals surface area contributed by atoms with E-state index in [0.29, 0.717) is 53.5 Å². The Morgan fingerprint density at radius 2 is 1.71 bits per heavy atom. The van der Waals surface area contributed by atoms with E-state index in [-0.39, 0.29) is 23.9 Å². The van der Waals surface area contributed by atoms with Gasteiger partial charge in [-0.3, -0.25) is 14.6 Å². The van der Waals surface area contributed by atoms with Gasteiger partial charge >= 0.3 is 5.97 Å². The molecule has 1 aliphatic heterocycles. The van der Waals surface area contributed by atoms with E-state index in [9.17, 15) is 14.0 Å². The van der Waals surface area contributed by atoms with E-state index in [2.05, 4.69) is 0 Å². The zero-order valence-corrected chi connectivity index (χ0v) is 20.5. The second kappa shape index (κ2) is 10.4. The maximum Gasteiger partial charge on any atom is 0.315 e. The number of Topliss-reactive ketones (excluding diaryl/α,β-unsaturated/α-hetero) is 1. The van der Waals surface area contributed by atoms with Crippen molar-refractivity contribution in [2.75, 3.05) is 20.8 Å². The van der Waals surface area contributed by atoms with Crippen molar-refractivity contribution >= 4 is 17.5 Å². The molecule has 0 bridgehead atoms. The molecule has 35 heavy (non-hydrogen) atoms. The number of aliphatic imine (C=N–C) groups is 1. The summed E-state index contributed by atoms with van der Waals surface area (Å²) in [5, 5.41) is 0. The van der Waals surface area contributed by atoms with Gasteiger partial charge in [-0.25, -0.2) is 4.39 Å². The molecule has 0 spiro atoms. The Labute approximate surface area is 204 Å². The van der Waals surface area contributed by atoms with E-state index < -0.39 is 17.8 Å². The van der Waals surface area contributed by atoms with Crippen LogP contribution in [0, 0.1) is 11.7 Å². The van der Waals surface area contributed by atoms with E-state index in [1.165, 1.54) is 12.1 Å². The van der Waals surface area contributed by atoms with Crippen LogP contribution in [0.2, 0.25) is 0 Å². The Hall–Kier alpha value is -3.48. The highest BCUT2D eigenvalue weighted by atomic mass is 19.1. The summed E-state index contributed by atoms with van der Waals surface area (Å²) >= 11 is 0. The topological polar surface area (TPSA) is 74.2 Å². The van der Waals surface area contributed by atoms with Crippen molar-refractivity contribution in [2.24, 2.45) is 10.9 Å². The lowest BCUT2D eigenvalue weighted by molar-refractivity contribution is -0.146. The van der Waals surface area contributed by atoms with Crippen LogP contribution in [0.3, 0.4) is 0 Å². The number of ether oxygens (including phenoxy) is 3. The lowest BCUT2D eigenvalue weighted by atomic mass is 9.69. The predicted octanol–water partition coefficient (Wildman–Crippen LogP) is 5.37. The summed E-state index contributed by atoms with van der Waals surface area (Å²) in [5.41, 5.74) is 3.45. The highest BCUT2D eigenvalue weighted by molar-refractivity contribution is 6.09. The molecule has 0 N–H and O–H groups in total. The van der Waals surface area contributed by atoms with Crippen LogP contribution in [-0.4, -0.2) is 38.3 Å². The first-order chi connectivity index (χ1) is 16.9. The number of methoxy groups -OCH3 is 2. The molecule has 184 valence electrons. The first-order valence-corrected chi connectivity index (χ1v) is 11.8. The quantitative estimate of drug-likeness (QED) is 0.499. The highest BCUT2D eigenvalue weighted by Crippen LogP contribution is 2.47. The molecule has 0 saturated carbocycles. The molecule has 2 aromatic carbocycles. The summed E-state index contributed by atoms with van der Waals surface area (Å²) in [6.45, 7) is 4.01. The number of esters is 1. The molecule has 0 aromatic heterocycles. The molecular formula is C28H30FNO5. The number of rotatable bonds is 7. The van der Waals surface area contributed by atoms with E-state index in [4.69, 9.17) is 19.2 Å². The largest absolute Gasteiger partial charge is 0.493 e. The zero-order valence-electron chi connectivity index (χ0n) is 20.5. The maximum atomic E-state index is 13.7. The molecular weight excluding hydrogens is 449 g/mol. The SMILES string of the molecule is CCCOC(=O)C1C(C)=NC2=C(C(=O)C[C@@H](c3ccc(OC)c(OC)c3)C2)[C@@H]1c1ccc(F)cc1. The first kappa shape index (κ1) is 24.6. The fourth-order valence-corrected chi connectivity index (χ4v) is 5.03. The van der Waals surface area contributed by atoms with Crippen molar-refractivity contribution in [1.82, 2.24) is 0 Å². The number of benzene rings is 2. The van der Waals surface area contributed by atoms with Crippen molar-refractivity contribution in [1.29, 1.82) is 0 Å². The summed E-state index contributed by atoms with van der Waals surface area (Å²) in [6, 6.07) is 11.6. The Kier molecular flexibility index (Phi) is 7.34. The Morgan fingerprint density at radius 3 is 2.37 bits per heavy atom. The van der Waals surface area contributed by atoms with Gasteiger partial charge in [-0.1, -0.05) is 25.1 Å². The molecule has 0 radical (unpaired) electrons. The van der Waals surface area contributed by atoms with Gasteiger partial charge in [0.25, 0.3) is 0 Å². The van der Waals surface area contributed by atoms with Crippen LogP contribution in [0.1, 0.15) is 56.1 Å². The summed E-state index contributed by atoms with van der Waals surface area (Å²) in [7, 11) is 3.16. The molecule has 3 atom stereocenters. The van der Waals surface area contributed by atoms with Crippen LogP contribution in [0.4, 0.5) is 4.39 Å². The number of allylic oxidation sites excluding steroid dienone is 2. The molecule has 0 saturated heterocycles. The van der Waals surface area contributed by atoms with Gasteiger partial charge in [-0.05, 0) is 61.1 Å². The van der Waals surface area contributed by atoms with Crippen molar-refractivity contribution in [3.63, 3.8) is 0 Å². The van der Waals surface area contributed by atoms with E-state index in [1.54, 1.807) is 33.3 Å². The van der Waals surface area contributed by atoms with Gasteiger partial charge in [0.05, 0.1) is 20.8 Å². The Morgan fingerprint density at radius 1 is 1.03 bits per heavy atom. The van der Waals surface area contributed by atoms with Gasteiger partial charge in [0.1, 0.15) is 11.7 Å². The normalized spacial score (nSPS) is 21.8. The van der Waals surface area contributed by atoms with Crippen LogP contribution in [0.5, 0.6) is 11.5 Å². The van der Waals surface area contributed by atoms with Crippen LogP contribution < -0.4 is 9.47 Å². The summed E-state index contributed by atoms with van der Waals surface area (Å²) in [6.07, 6.45) is 1.51. The number of carbonyl (C=O) groups is 2. The molecule has 1 aliphatic carbocycles. The van der Waals surface area contributed by atoms with Gasteiger partial charge in [-0.2, -0.15) is 0 Å². The van der Waals surface area contributed by atoms with Crippen molar-refractivity contribution in [3.05, 3.63) is 70.7 Å². The molecule has 7 heteroatoms. The van der Waals surface area contributed by atoms with Gasteiger partial charge in [0.2, 0.25) is 0 Å². The molecule has 2 aromatic rings. The third-order valence-electron chi connectivity index (χ3n) is 6.70. The fraction of sp³-hybridized carbons (Fsp3) is 0.393. The van der Waals surface area contributed by atoms with E-state index >= 15 is 0 Å². The minimum absolute atomic E-state index is 0.0649. The zero-order chi connectivity index (χ0) is 25.1. The maximum absolute atomic E-state index is 13.7. The number of ketones is 1. The molecule has 6 nitrogen and oxygen atoms in total. The monoisotopic (exact) mass is 479 g/mol. The number of halogens is 1. The smallest absolute Gasteiger partial charge is 0.315 e. The molecule has 0 fully saturated rings. The second-order valence-electron chi connectivity index (χ2n) is 8.93. The van der Waals surface area contributed by atoms with Gasteiger partial charge < -0.3 is 14.2 Å². The predicted molar refractivity (Wildman–Crippen MR) is 131 cm³/mol. The second-order valence-corrected chi connectivity index (χ2v) is 8.93. The summed E-state index contributed by atoms with van der Waals surface area (Å²) < 4.78 is 30.0. The standard InChI is InChI=1S/C28H30FNO5/c1-5-12-35-28(32)25-16(2)30-21-13-19(18-8-11-23(33-3)24(15-18)34-4)14-22(31)27(21)26(25)17-6-9-20(29)10-7-17/h6-11,15,19,25-26H,5,12-14H2,1-4H3/t19-,25?,26+/m0/s1. The molecule has 1 heterocycles. The summed E-state index contributed by atoms with van der Waals surface area (Å²) in [4.78, 5) is 31.5. The van der Waals surface area contributed by atoms with Crippen LogP contribution >= 0.6 is 0 Å². The highest BCUT2D eigenvalue weighted by Gasteiger charge is 2.44. The number of hydrogen-bond donors (Lipinski definition) is 0. The minimum atomic E-state index is -0.729. The van der Waals surface area contributed by atoms with Crippen LogP contribution in [0.15, 0.2) is 58.7 Å². The van der Waals surface area contributed by atoms with Gasteiger partial charge in [-0.15, -0.1) is 0 Å². The van der Waals surface area contributed by atoms with Crippen molar-refractivity contribution in [3.8, 4) is 11.5 Å². The lowest BCUT2D eigenvalue weighted by Crippen LogP contribution is -2.38. The Bertz CT molecular complexity index is 1180. The van der Waals surface area contributed by atoms with Crippen LogP contribution in [-0.2, 0) is 14.3 Å². The van der Waals surface area contributed by atoms with E-state index in [1.807, 2.05) is 25.1 Å². The third kappa shape index (κ3) is 4.85. The van der Waals surface area contributed by atoms with Crippen LogP contribution in [0.25, 0.3) is 0 Å². The number of nitrogens with zero attached hydrogens (tertiary/aromatic N) is 1. The lowest BCUT2D eigenvalue weighted by Gasteiger charge is -2.36.